The zero-order chi connectivity index (χ0) is 25.8. The molecule has 37 heavy (non-hydrogen) atoms. The third-order valence-electron chi connectivity index (χ3n) is 6.26. The number of hydroxylamine groups is 1. The highest BCUT2D eigenvalue weighted by atomic mass is 35.5. The van der Waals surface area contributed by atoms with Crippen molar-refractivity contribution in [1.29, 1.82) is 0 Å². The van der Waals surface area contributed by atoms with Gasteiger partial charge in [-0.2, -0.15) is 0 Å². The highest BCUT2D eigenvalue weighted by Crippen LogP contribution is 2.32. The second kappa shape index (κ2) is 11.5. The van der Waals surface area contributed by atoms with E-state index in [0.717, 1.165) is 36.0 Å². The molecule has 1 N–H and O–H groups in total. The van der Waals surface area contributed by atoms with Crippen LogP contribution in [0, 0.1) is 0 Å². The minimum absolute atomic E-state index is 0.00876. The Labute approximate surface area is 225 Å². The van der Waals surface area contributed by atoms with Gasteiger partial charge in [0.05, 0.1) is 0 Å². The van der Waals surface area contributed by atoms with Crippen LogP contribution in [-0.2, 0) is 22.6 Å². The summed E-state index contributed by atoms with van der Waals surface area (Å²) in [4.78, 5) is 30.5. The van der Waals surface area contributed by atoms with Crippen LogP contribution in [0.2, 0.25) is 10.0 Å². The predicted molar refractivity (Wildman–Crippen MR) is 142 cm³/mol. The average Bonchev–Trinajstić information content (AvgIpc) is 3.20. The number of rotatable bonds is 7. The van der Waals surface area contributed by atoms with Crippen molar-refractivity contribution in [2.75, 3.05) is 6.61 Å². The van der Waals surface area contributed by atoms with Gasteiger partial charge in [-0.25, -0.2) is 10.3 Å². The summed E-state index contributed by atoms with van der Waals surface area (Å²) in [6.07, 6.45) is 4.74. The topological polar surface area (TPSA) is 73.9 Å². The number of hydrogen-bond donors (Lipinski definition) is 1. The molecule has 5 rings (SSSR count). The van der Waals surface area contributed by atoms with E-state index in [1.807, 2.05) is 24.3 Å². The molecule has 0 radical (unpaired) electrons. The molecule has 1 heterocycles. The van der Waals surface area contributed by atoms with Gasteiger partial charge in [0.25, 0.3) is 5.91 Å². The van der Waals surface area contributed by atoms with Gasteiger partial charge in [-0.1, -0.05) is 35.3 Å². The van der Waals surface area contributed by atoms with Crippen LogP contribution >= 0.6 is 23.2 Å². The Morgan fingerprint density at radius 2 is 1.81 bits per heavy atom. The molecule has 1 saturated heterocycles. The van der Waals surface area contributed by atoms with Gasteiger partial charge in [-0.3, -0.25) is 9.59 Å². The maximum atomic E-state index is 12.9. The number of nitrogens with one attached hydrogen (secondary N) is 1. The summed E-state index contributed by atoms with van der Waals surface area (Å²) in [5.41, 5.74) is 6.89. The van der Waals surface area contributed by atoms with Crippen molar-refractivity contribution in [1.82, 2.24) is 5.48 Å². The lowest BCUT2D eigenvalue weighted by atomic mass is 10.1. The Bertz CT molecular complexity index is 1330. The molecule has 0 spiro atoms. The molecule has 3 aromatic rings. The van der Waals surface area contributed by atoms with Crippen LogP contribution in [0.1, 0.15) is 56.7 Å². The smallest absolute Gasteiger partial charge is 0.274 e. The van der Waals surface area contributed by atoms with Gasteiger partial charge in [0.15, 0.2) is 12.1 Å². The molecule has 190 valence electrons. The molecule has 0 bridgehead atoms. The SMILES string of the molecule is O=C(NOC1CCCCO1)c1ccc(COc2ccc3c(c2)CC(=Cc2cc(Cl)cc(Cl)c2)C3=O)cc1. The lowest BCUT2D eigenvalue weighted by molar-refractivity contribution is -0.186. The minimum Gasteiger partial charge on any atom is -0.489 e. The van der Waals surface area contributed by atoms with Crippen LogP contribution in [-0.4, -0.2) is 24.6 Å². The molecule has 6 nitrogen and oxygen atoms in total. The molecule has 1 unspecified atom stereocenters. The molecular weight excluding hydrogens is 513 g/mol. The molecule has 3 aromatic carbocycles. The summed E-state index contributed by atoms with van der Waals surface area (Å²) in [5, 5.41) is 1.04. The highest BCUT2D eigenvalue weighted by molar-refractivity contribution is 6.34. The monoisotopic (exact) mass is 537 g/mol. The van der Waals surface area contributed by atoms with Crippen LogP contribution in [0.15, 0.2) is 66.2 Å². The first kappa shape index (κ1) is 25.5. The fraction of sp³-hybridized carbons (Fsp3) is 0.241. The van der Waals surface area contributed by atoms with Crippen molar-refractivity contribution >= 4 is 41.0 Å². The molecule has 1 atom stereocenters. The summed E-state index contributed by atoms with van der Waals surface area (Å²) in [7, 11) is 0. The maximum Gasteiger partial charge on any atom is 0.274 e. The van der Waals surface area contributed by atoms with Crippen LogP contribution < -0.4 is 10.2 Å². The Morgan fingerprint density at radius 3 is 2.54 bits per heavy atom. The van der Waals surface area contributed by atoms with Crippen molar-refractivity contribution in [2.24, 2.45) is 0 Å². The molecule has 1 amide bonds. The lowest BCUT2D eigenvalue weighted by Crippen LogP contribution is -2.33. The molecule has 1 aliphatic carbocycles. The van der Waals surface area contributed by atoms with E-state index < -0.39 is 6.29 Å². The van der Waals surface area contributed by atoms with Crippen molar-refractivity contribution in [3.05, 3.63) is 104 Å². The van der Waals surface area contributed by atoms with Crippen molar-refractivity contribution in [3.8, 4) is 5.75 Å². The first-order valence-corrected chi connectivity index (χ1v) is 12.8. The Kier molecular flexibility index (Phi) is 7.91. The number of ether oxygens (including phenoxy) is 2. The standard InChI is InChI=1S/C29H25Cl2NO5/c30-23-12-19(13-24(31)16-23)11-22-14-21-15-25(8-9-26(21)28(22)33)36-17-18-4-6-20(7-5-18)29(34)32-37-27-3-1-2-10-35-27/h4-9,11-13,15-16,27H,1-3,10,14,17H2,(H,32,34). The number of amides is 1. The lowest BCUT2D eigenvalue weighted by Gasteiger charge is -2.22. The zero-order valence-corrected chi connectivity index (χ0v) is 21.5. The number of ketones is 1. The number of hydrogen-bond acceptors (Lipinski definition) is 5. The normalized spacial score (nSPS) is 18.1. The largest absolute Gasteiger partial charge is 0.489 e. The number of Topliss-reactive ketones (excluding diaryl/α,β-unsaturated/α-hetero) is 1. The first-order valence-electron chi connectivity index (χ1n) is 12.1. The fourth-order valence-corrected chi connectivity index (χ4v) is 4.91. The minimum atomic E-state index is -0.394. The third-order valence-corrected chi connectivity index (χ3v) is 6.70. The molecular formula is C29H25Cl2NO5. The average molecular weight is 538 g/mol. The van der Waals surface area contributed by atoms with Gasteiger partial charge < -0.3 is 9.47 Å². The van der Waals surface area contributed by atoms with E-state index in [4.69, 9.17) is 37.5 Å². The van der Waals surface area contributed by atoms with Gasteiger partial charge in [-0.05, 0) is 84.1 Å². The van der Waals surface area contributed by atoms with Crippen LogP contribution in [0.3, 0.4) is 0 Å². The summed E-state index contributed by atoms with van der Waals surface area (Å²) in [6.45, 7) is 0.969. The Balaban J connectivity index is 1.17. The molecule has 2 aliphatic rings. The van der Waals surface area contributed by atoms with E-state index in [1.54, 1.807) is 42.5 Å². The van der Waals surface area contributed by atoms with Crippen LogP contribution in [0.5, 0.6) is 5.75 Å². The number of fused-ring (bicyclic) bond motifs is 1. The summed E-state index contributed by atoms with van der Waals surface area (Å²) < 4.78 is 11.4. The summed E-state index contributed by atoms with van der Waals surface area (Å²) in [6, 6.07) is 17.8. The van der Waals surface area contributed by atoms with Crippen molar-refractivity contribution < 1.29 is 23.9 Å². The predicted octanol–water partition coefficient (Wildman–Crippen LogP) is 6.58. The second-order valence-electron chi connectivity index (χ2n) is 9.03. The molecule has 1 aliphatic heterocycles. The van der Waals surface area contributed by atoms with Gasteiger partial charge >= 0.3 is 0 Å². The van der Waals surface area contributed by atoms with Crippen molar-refractivity contribution in [3.63, 3.8) is 0 Å². The first-order chi connectivity index (χ1) is 17.9. The molecule has 8 heteroatoms. The molecule has 1 fully saturated rings. The van der Waals surface area contributed by atoms with Gasteiger partial charge in [0, 0.05) is 46.2 Å². The van der Waals surface area contributed by atoms with Gasteiger partial charge in [0.2, 0.25) is 0 Å². The number of carbonyl (C=O) groups excluding carboxylic acids is 2. The van der Waals surface area contributed by atoms with Gasteiger partial charge in [0.1, 0.15) is 12.4 Å². The molecule has 0 aromatic heterocycles. The fourth-order valence-electron chi connectivity index (χ4n) is 4.36. The molecule has 0 saturated carbocycles. The number of carbonyl (C=O) groups is 2. The van der Waals surface area contributed by atoms with Crippen LogP contribution in [0.25, 0.3) is 6.08 Å². The Hall–Kier alpha value is -3.16. The van der Waals surface area contributed by atoms with Gasteiger partial charge in [-0.15, -0.1) is 0 Å². The van der Waals surface area contributed by atoms with E-state index in [2.05, 4.69) is 5.48 Å². The van der Waals surface area contributed by atoms with Crippen molar-refractivity contribution in [2.45, 2.75) is 38.6 Å². The van der Waals surface area contributed by atoms with Crippen LogP contribution in [0.4, 0.5) is 0 Å². The summed E-state index contributed by atoms with van der Waals surface area (Å²) >= 11 is 12.2. The third kappa shape index (κ3) is 6.40. The Morgan fingerprint density at radius 1 is 1.03 bits per heavy atom. The maximum absolute atomic E-state index is 12.9. The van der Waals surface area contributed by atoms with E-state index in [9.17, 15) is 9.59 Å². The van der Waals surface area contributed by atoms with E-state index in [0.29, 0.717) is 52.1 Å². The number of halogens is 2. The summed E-state index contributed by atoms with van der Waals surface area (Å²) in [5.74, 6) is 0.334. The van der Waals surface area contributed by atoms with E-state index >= 15 is 0 Å². The number of benzene rings is 3. The zero-order valence-electron chi connectivity index (χ0n) is 20.0. The number of allylic oxidation sites excluding steroid dienone is 1. The van der Waals surface area contributed by atoms with E-state index in [-0.39, 0.29) is 11.7 Å². The highest BCUT2D eigenvalue weighted by Gasteiger charge is 2.25. The second-order valence-corrected chi connectivity index (χ2v) is 9.90. The quantitative estimate of drug-likeness (QED) is 0.272. The van der Waals surface area contributed by atoms with E-state index in [1.165, 1.54) is 0 Å².